The molecule has 0 aliphatic rings. The van der Waals surface area contributed by atoms with E-state index < -0.39 is 0 Å². The van der Waals surface area contributed by atoms with Gasteiger partial charge in [-0.3, -0.25) is 4.79 Å². The molecular formula is C20H23Br2NO. The van der Waals surface area contributed by atoms with Crippen molar-refractivity contribution in [2.24, 2.45) is 0 Å². The van der Waals surface area contributed by atoms with Gasteiger partial charge < -0.3 is 17.0 Å². The van der Waals surface area contributed by atoms with Gasteiger partial charge in [0.05, 0.1) is 0 Å². The van der Waals surface area contributed by atoms with Crippen LogP contribution in [0.2, 0.25) is 0 Å². The number of ketones is 1. The van der Waals surface area contributed by atoms with Gasteiger partial charge in [-0.25, -0.2) is 4.57 Å². The number of rotatable bonds is 9. The number of nitrogens with zero attached hydrogens (tertiary/aromatic N) is 1. The van der Waals surface area contributed by atoms with Crippen molar-refractivity contribution in [3.05, 3.63) is 72.1 Å². The Morgan fingerprint density at radius 2 is 1.62 bits per heavy atom. The van der Waals surface area contributed by atoms with Crippen molar-refractivity contribution in [3.63, 3.8) is 0 Å². The highest BCUT2D eigenvalue weighted by Gasteiger charge is 2.02. The van der Waals surface area contributed by atoms with Gasteiger partial charge in [0, 0.05) is 29.4 Å². The lowest BCUT2D eigenvalue weighted by Gasteiger charge is -1.98. The van der Waals surface area contributed by atoms with E-state index in [4.69, 9.17) is 0 Å². The van der Waals surface area contributed by atoms with Crippen molar-refractivity contribution < 1.29 is 26.3 Å². The van der Waals surface area contributed by atoms with E-state index in [1.807, 2.05) is 48.5 Å². The molecule has 0 atom stereocenters. The Kier molecular flexibility index (Phi) is 10.5. The topological polar surface area (TPSA) is 20.9 Å². The van der Waals surface area contributed by atoms with Gasteiger partial charge in [-0.1, -0.05) is 58.8 Å². The molecule has 0 aliphatic heterocycles. The van der Waals surface area contributed by atoms with Gasteiger partial charge in [-0.05, 0) is 24.5 Å². The van der Waals surface area contributed by atoms with Crippen molar-refractivity contribution in [1.82, 2.24) is 0 Å². The Morgan fingerprint density at radius 3 is 2.29 bits per heavy atom. The first-order chi connectivity index (χ1) is 11.3. The molecule has 1 aromatic carbocycles. The molecule has 128 valence electrons. The summed E-state index contributed by atoms with van der Waals surface area (Å²) in [6.45, 7) is 1.05. The van der Waals surface area contributed by atoms with Gasteiger partial charge >= 0.3 is 0 Å². The Balaban J connectivity index is 0.00000288. The number of allylic oxidation sites excluding steroid dienone is 1. The van der Waals surface area contributed by atoms with Gasteiger partial charge in [-0.15, -0.1) is 0 Å². The lowest BCUT2D eigenvalue weighted by Crippen LogP contribution is -3.00. The lowest BCUT2D eigenvalue weighted by atomic mass is 10.1. The summed E-state index contributed by atoms with van der Waals surface area (Å²) in [6.07, 6.45) is 12.7. The van der Waals surface area contributed by atoms with Crippen LogP contribution in [0, 0.1) is 0 Å². The zero-order valence-corrected chi connectivity index (χ0v) is 16.9. The zero-order chi connectivity index (χ0) is 16.3. The Morgan fingerprint density at radius 1 is 0.958 bits per heavy atom. The van der Waals surface area contributed by atoms with Crippen molar-refractivity contribution in [2.45, 2.75) is 32.2 Å². The predicted molar refractivity (Wildman–Crippen MR) is 98.7 cm³/mol. The number of aryl methyl sites for hydroxylation is 1. The molecule has 0 fully saturated rings. The van der Waals surface area contributed by atoms with Crippen LogP contribution in [0.25, 0.3) is 6.08 Å². The van der Waals surface area contributed by atoms with Crippen LogP contribution in [0.5, 0.6) is 0 Å². The number of unbranched alkanes of at least 4 members (excludes halogenated alkanes) is 3. The second-order valence-corrected chi connectivity index (χ2v) is 6.33. The molecule has 4 heteroatoms. The minimum absolute atomic E-state index is 0. The minimum atomic E-state index is 0. The minimum Gasteiger partial charge on any atom is -1.00 e. The first-order valence-electron chi connectivity index (χ1n) is 8.12. The van der Waals surface area contributed by atoms with Gasteiger partial charge in [0.15, 0.2) is 18.2 Å². The molecule has 0 unspecified atom stereocenters. The summed E-state index contributed by atoms with van der Waals surface area (Å²) in [5.74, 6) is 0.0362. The third-order valence-electron chi connectivity index (χ3n) is 3.70. The monoisotopic (exact) mass is 451 g/mol. The summed E-state index contributed by atoms with van der Waals surface area (Å²) in [6, 6.07) is 13.4. The number of carbonyl (C=O) groups excluding carboxylic acids is 1. The standard InChI is InChI=1S/C20H23BrNO.BrH/c21-14-6-1-2-7-15-22-16-12-18(13-17-22)10-11-20(23)19-8-4-3-5-9-19;/h3-5,8-13,16-17H,1-2,6-7,14-15H2;1H/q+1;/p-1/b11-10+;. The highest BCUT2D eigenvalue weighted by Crippen LogP contribution is 2.05. The van der Waals surface area contributed by atoms with Gasteiger partial charge in [-0.2, -0.15) is 0 Å². The van der Waals surface area contributed by atoms with E-state index in [1.54, 1.807) is 6.08 Å². The van der Waals surface area contributed by atoms with Gasteiger partial charge in [0.25, 0.3) is 0 Å². The van der Waals surface area contributed by atoms with Crippen LogP contribution in [-0.4, -0.2) is 11.1 Å². The van der Waals surface area contributed by atoms with Crippen LogP contribution in [-0.2, 0) is 6.54 Å². The number of halogens is 2. The second-order valence-electron chi connectivity index (χ2n) is 5.54. The number of hydrogen-bond donors (Lipinski definition) is 0. The fraction of sp³-hybridized carbons (Fsp3) is 0.300. The highest BCUT2D eigenvalue weighted by atomic mass is 79.9. The Hall–Kier alpha value is -1.26. The predicted octanol–water partition coefficient (Wildman–Crippen LogP) is 1.83. The van der Waals surface area contributed by atoms with Crippen molar-refractivity contribution in [3.8, 4) is 0 Å². The van der Waals surface area contributed by atoms with Crippen molar-refractivity contribution in [1.29, 1.82) is 0 Å². The average Bonchev–Trinajstić information content (AvgIpc) is 2.61. The highest BCUT2D eigenvalue weighted by molar-refractivity contribution is 9.09. The second kappa shape index (κ2) is 12.2. The van der Waals surface area contributed by atoms with Gasteiger partial charge in [0.2, 0.25) is 0 Å². The van der Waals surface area contributed by atoms with Crippen LogP contribution in [0.15, 0.2) is 60.9 Å². The normalized spacial score (nSPS) is 10.5. The van der Waals surface area contributed by atoms with E-state index in [0.717, 1.165) is 23.0 Å². The molecule has 0 radical (unpaired) electrons. The molecule has 24 heavy (non-hydrogen) atoms. The number of benzene rings is 1. The Bertz CT molecular complexity index is 624. The molecule has 1 heterocycles. The summed E-state index contributed by atoms with van der Waals surface area (Å²) in [4.78, 5) is 12.0. The SMILES string of the molecule is O=C(/C=C/c1cc[n+](CCCCCCBr)cc1)c1ccccc1.[Br-]. The van der Waals surface area contributed by atoms with E-state index in [0.29, 0.717) is 0 Å². The van der Waals surface area contributed by atoms with E-state index >= 15 is 0 Å². The molecule has 0 bridgehead atoms. The number of pyridine rings is 1. The number of hydrogen-bond acceptors (Lipinski definition) is 1. The quantitative estimate of drug-likeness (QED) is 0.187. The fourth-order valence-corrected chi connectivity index (χ4v) is 2.74. The van der Waals surface area contributed by atoms with Crippen LogP contribution in [0.4, 0.5) is 0 Å². The molecule has 2 rings (SSSR count). The van der Waals surface area contributed by atoms with Crippen LogP contribution in [0.1, 0.15) is 41.6 Å². The molecule has 2 nitrogen and oxygen atoms in total. The first kappa shape index (κ1) is 20.8. The maximum Gasteiger partial charge on any atom is 0.185 e. The maximum atomic E-state index is 12.0. The third kappa shape index (κ3) is 7.54. The summed E-state index contributed by atoms with van der Waals surface area (Å²) in [5.41, 5.74) is 1.77. The van der Waals surface area contributed by atoms with Crippen LogP contribution in [0.3, 0.4) is 0 Å². The molecule has 0 saturated carbocycles. The first-order valence-corrected chi connectivity index (χ1v) is 9.24. The van der Waals surface area contributed by atoms with Crippen LogP contribution < -0.4 is 21.5 Å². The molecular weight excluding hydrogens is 430 g/mol. The van der Waals surface area contributed by atoms with Crippen molar-refractivity contribution >= 4 is 27.8 Å². The summed E-state index contributed by atoms with van der Waals surface area (Å²) >= 11 is 3.46. The number of carbonyl (C=O) groups is 1. The third-order valence-corrected chi connectivity index (χ3v) is 4.26. The largest absolute Gasteiger partial charge is 1.00 e. The Labute approximate surface area is 163 Å². The summed E-state index contributed by atoms with van der Waals surface area (Å²) in [7, 11) is 0. The number of aromatic nitrogens is 1. The number of alkyl halides is 1. The molecule has 0 N–H and O–H groups in total. The molecule has 0 saturated heterocycles. The summed E-state index contributed by atoms with van der Waals surface area (Å²) in [5, 5.41) is 1.10. The molecule has 1 aromatic heterocycles. The van der Waals surface area contributed by atoms with E-state index in [9.17, 15) is 4.79 Å². The van der Waals surface area contributed by atoms with Crippen molar-refractivity contribution in [2.75, 3.05) is 5.33 Å². The van der Waals surface area contributed by atoms with Gasteiger partial charge in [0.1, 0.15) is 6.54 Å². The smallest absolute Gasteiger partial charge is 0.185 e. The maximum absolute atomic E-state index is 12.0. The molecule has 0 aliphatic carbocycles. The average molecular weight is 453 g/mol. The molecule has 0 spiro atoms. The molecule has 2 aromatic rings. The van der Waals surface area contributed by atoms with E-state index in [-0.39, 0.29) is 22.8 Å². The lowest BCUT2D eigenvalue weighted by molar-refractivity contribution is -0.697. The summed E-state index contributed by atoms with van der Waals surface area (Å²) < 4.78 is 2.20. The van der Waals surface area contributed by atoms with E-state index in [1.165, 1.54) is 25.7 Å². The fourth-order valence-electron chi connectivity index (χ4n) is 2.34. The zero-order valence-electron chi connectivity index (χ0n) is 13.7. The van der Waals surface area contributed by atoms with Crippen LogP contribution >= 0.6 is 15.9 Å². The molecule has 0 amide bonds. The van der Waals surface area contributed by atoms with E-state index in [2.05, 4.69) is 32.9 Å².